The Morgan fingerprint density at radius 1 is 1.35 bits per heavy atom. The molecule has 0 spiro atoms. The molecule has 2 rings (SSSR count). The fourth-order valence-electron chi connectivity index (χ4n) is 1.45. The third-order valence-electron chi connectivity index (χ3n) is 2.49. The Hall–Kier alpha value is -2.17. The summed E-state index contributed by atoms with van der Waals surface area (Å²) in [5.41, 5.74) is 7.01. The van der Waals surface area contributed by atoms with E-state index in [2.05, 4.69) is 23.9 Å². The molecule has 17 heavy (non-hydrogen) atoms. The van der Waals surface area contributed by atoms with E-state index in [1.807, 2.05) is 12.3 Å². The molecule has 0 aliphatic rings. The molecule has 0 atom stereocenters. The van der Waals surface area contributed by atoms with Crippen LogP contribution in [0.3, 0.4) is 0 Å². The van der Waals surface area contributed by atoms with E-state index in [9.17, 15) is 0 Å². The normalized spacial score (nSPS) is 10.8. The van der Waals surface area contributed by atoms with Gasteiger partial charge in [-0.3, -0.25) is 5.41 Å². The van der Waals surface area contributed by atoms with Crippen molar-refractivity contribution in [1.82, 2.24) is 14.8 Å². The quantitative estimate of drug-likeness (QED) is 0.620. The van der Waals surface area contributed by atoms with Crippen molar-refractivity contribution in [3.05, 3.63) is 41.9 Å². The number of nitrogens with two attached hydrogens (primary N) is 1. The van der Waals surface area contributed by atoms with E-state index in [1.165, 1.54) is 0 Å². The molecule has 0 radical (unpaired) electrons. The van der Waals surface area contributed by atoms with Gasteiger partial charge in [-0.05, 0) is 24.1 Å². The summed E-state index contributed by atoms with van der Waals surface area (Å²) in [4.78, 5) is 4.22. The molecule has 0 fully saturated rings. The lowest BCUT2D eigenvalue weighted by atomic mass is 10.1. The lowest BCUT2D eigenvalue weighted by molar-refractivity contribution is 0.757. The SMILES string of the molecule is CC(C)c1ccn(-c2ccc(C(=N)N)cn2)n1. The molecule has 0 bridgehead atoms. The van der Waals surface area contributed by atoms with Crippen molar-refractivity contribution in [2.75, 3.05) is 0 Å². The zero-order chi connectivity index (χ0) is 12.4. The molecule has 88 valence electrons. The Labute approximate surface area is 99.8 Å². The van der Waals surface area contributed by atoms with Crippen molar-refractivity contribution in [3.8, 4) is 5.82 Å². The van der Waals surface area contributed by atoms with Crippen LogP contribution in [0.4, 0.5) is 0 Å². The highest BCUT2D eigenvalue weighted by Crippen LogP contribution is 2.13. The standard InChI is InChI=1S/C12H15N5/c1-8(2)10-5-6-17(16-10)11-4-3-9(7-15-11)12(13)14/h3-8H,1-2H3,(H3,13,14). The lowest BCUT2D eigenvalue weighted by Gasteiger charge is -2.02. The molecule has 5 heteroatoms. The van der Waals surface area contributed by atoms with Gasteiger partial charge in [0.15, 0.2) is 5.82 Å². The maximum absolute atomic E-state index is 7.29. The summed E-state index contributed by atoms with van der Waals surface area (Å²) in [6.07, 6.45) is 3.46. The summed E-state index contributed by atoms with van der Waals surface area (Å²) < 4.78 is 1.72. The number of nitrogen functional groups attached to an aromatic ring is 1. The van der Waals surface area contributed by atoms with Crippen LogP contribution in [0, 0.1) is 5.41 Å². The van der Waals surface area contributed by atoms with Crippen molar-refractivity contribution in [2.24, 2.45) is 5.73 Å². The van der Waals surface area contributed by atoms with E-state index in [0.717, 1.165) is 11.5 Å². The van der Waals surface area contributed by atoms with Crippen LogP contribution < -0.4 is 5.73 Å². The number of amidine groups is 1. The Bertz CT molecular complexity index is 524. The zero-order valence-corrected chi connectivity index (χ0v) is 9.88. The van der Waals surface area contributed by atoms with Crippen LogP contribution in [0.2, 0.25) is 0 Å². The van der Waals surface area contributed by atoms with Crippen molar-refractivity contribution in [1.29, 1.82) is 5.41 Å². The van der Waals surface area contributed by atoms with Gasteiger partial charge in [-0.2, -0.15) is 5.10 Å². The molecular weight excluding hydrogens is 214 g/mol. The van der Waals surface area contributed by atoms with E-state index in [1.54, 1.807) is 23.0 Å². The van der Waals surface area contributed by atoms with Crippen molar-refractivity contribution in [2.45, 2.75) is 19.8 Å². The topological polar surface area (TPSA) is 80.6 Å². The fraction of sp³-hybridized carbons (Fsp3) is 0.250. The average Bonchev–Trinajstić information content (AvgIpc) is 2.78. The fourth-order valence-corrected chi connectivity index (χ4v) is 1.45. The second-order valence-corrected chi connectivity index (χ2v) is 4.16. The number of aromatic nitrogens is 3. The van der Waals surface area contributed by atoms with E-state index in [0.29, 0.717) is 11.5 Å². The summed E-state index contributed by atoms with van der Waals surface area (Å²) in [5.74, 6) is 1.14. The minimum atomic E-state index is 0.0207. The molecule has 0 saturated heterocycles. The number of nitrogens with zero attached hydrogens (tertiary/aromatic N) is 3. The van der Waals surface area contributed by atoms with Gasteiger partial charge in [0.1, 0.15) is 5.84 Å². The van der Waals surface area contributed by atoms with Gasteiger partial charge < -0.3 is 5.73 Å². The van der Waals surface area contributed by atoms with Gasteiger partial charge in [-0.25, -0.2) is 9.67 Å². The maximum atomic E-state index is 7.29. The Morgan fingerprint density at radius 2 is 2.12 bits per heavy atom. The van der Waals surface area contributed by atoms with Gasteiger partial charge in [0.25, 0.3) is 0 Å². The van der Waals surface area contributed by atoms with Crippen LogP contribution >= 0.6 is 0 Å². The highest BCUT2D eigenvalue weighted by Gasteiger charge is 2.05. The molecule has 0 aliphatic heterocycles. The van der Waals surface area contributed by atoms with Gasteiger partial charge in [0, 0.05) is 18.0 Å². The predicted molar refractivity (Wildman–Crippen MR) is 66.5 cm³/mol. The van der Waals surface area contributed by atoms with Crippen molar-refractivity contribution in [3.63, 3.8) is 0 Å². The van der Waals surface area contributed by atoms with E-state index in [4.69, 9.17) is 11.1 Å². The molecular formula is C12H15N5. The Kier molecular flexibility index (Phi) is 2.91. The van der Waals surface area contributed by atoms with E-state index >= 15 is 0 Å². The van der Waals surface area contributed by atoms with Gasteiger partial charge >= 0.3 is 0 Å². The first-order valence-electron chi connectivity index (χ1n) is 5.44. The Morgan fingerprint density at radius 3 is 2.59 bits per heavy atom. The van der Waals surface area contributed by atoms with Gasteiger partial charge in [0.05, 0.1) is 5.69 Å². The lowest BCUT2D eigenvalue weighted by Crippen LogP contribution is -2.11. The summed E-state index contributed by atoms with van der Waals surface area (Å²) in [5, 5.41) is 11.7. The van der Waals surface area contributed by atoms with E-state index < -0.39 is 0 Å². The highest BCUT2D eigenvalue weighted by atomic mass is 15.3. The maximum Gasteiger partial charge on any atom is 0.153 e. The molecule has 0 amide bonds. The van der Waals surface area contributed by atoms with Crippen molar-refractivity contribution < 1.29 is 0 Å². The summed E-state index contributed by atoms with van der Waals surface area (Å²) >= 11 is 0. The number of rotatable bonds is 3. The zero-order valence-electron chi connectivity index (χ0n) is 9.88. The van der Waals surface area contributed by atoms with Crippen LogP contribution in [-0.2, 0) is 0 Å². The predicted octanol–water partition coefficient (Wildman–Crippen LogP) is 1.67. The second kappa shape index (κ2) is 4.37. The molecule has 2 heterocycles. The number of hydrogen-bond donors (Lipinski definition) is 2. The second-order valence-electron chi connectivity index (χ2n) is 4.16. The molecule has 5 nitrogen and oxygen atoms in total. The highest BCUT2D eigenvalue weighted by molar-refractivity contribution is 5.94. The molecule has 2 aromatic rings. The number of hydrogen-bond acceptors (Lipinski definition) is 3. The molecule has 0 aliphatic carbocycles. The van der Waals surface area contributed by atoms with Crippen LogP contribution in [0.1, 0.15) is 31.0 Å². The Balaban J connectivity index is 2.30. The van der Waals surface area contributed by atoms with Crippen LogP contribution in [0.15, 0.2) is 30.6 Å². The smallest absolute Gasteiger partial charge is 0.153 e. The van der Waals surface area contributed by atoms with Crippen LogP contribution in [0.5, 0.6) is 0 Å². The third kappa shape index (κ3) is 2.33. The van der Waals surface area contributed by atoms with Gasteiger partial charge in [-0.1, -0.05) is 13.8 Å². The minimum absolute atomic E-state index is 0.0207. The van der Waals surface area contributed by atoms with Crippen molar-refractivity contribution >= 4 is 5.84 Å². The van der Waals surface area contributed by atoms with E-state index in [-0.39, 0.29) is 5.84 Å². The van der Waals surface area contributed by atoms with Gasteiger partial charge in [0.2, 0.25) is 0 Å². The first-order valence-corrected chi connectivity index (χ1v) is 5.44. The molecule has 2 aromatic heterocycles. The molecule has 0 unspecified atom stereocenters. The third-order valence-corrected chi connectivity index (χ3v) is 2.49. The number of pyridine rings is 1. The first kappa shape index (κ1) is 11.3. The van der Waals surface area contributed by atoms with Crippen LogP contribution in [-0.4, -0.2) is 20.6 Å². The monoisotopic (exact) mass is 229 g/mol. The summed E-state index contributed by atoms with van der Waals surface area (Å²) in [6, 6.07) is 5.54. The number of nitrogens with one attached hydrogen (secondary N) is 1. The first-order chi connectivity index (χ1) is 8.08. The molecule has 0 saturated carbocycles. The molecule has 0 aromatic carbocycles. The summed E-state index contributed by atoms with van der Waals surface area (Å²) in [7, 11) is 0. The van der Waals surface area contributed by atoms with Gasteiger partial charge in [-0.15, -0.1) is 0 Å². The van der Waals surface area contributed by atoms with Crippen LogP contribution in [0.25, 0.3) is 5.82 Å². The summed E-state index contributed by atoms with van der Waals surface area (Å²) in [6.45, 7) is 4.19. The largest absolute Gasteiger partial charge is 0.384 e. The minimum Gasteiger partial charge on any atom is -0.384 e. The average molecular weight is 229 g/mol. The molecule has 3 N–H and O–H groups in total.